The molecule has 0 radical (unpaired) electrons. The summed E-state index contributed by atoms with van der Waals surface area (Å²) in [7, 11) is 0. The van der Waals surface area contributed by atoms with E-state index in [1.807, 2.05) is 13.8 Å². The van der Waals surface area contributed by atoms with Gasteiger partial charge in [0.15, 0.2) is 11.2 Å². The maximum absolute atomic E-state index is 14.1. The number of aliphatic hydroxyl groups is 1. The molecule has 7 atom stereocenters. The molecule has 20 nitrogen and oxygen atoms in total. The summed E-state index contributed by atoms with van der Waals surface area (Å²) >= 11 is 0.779. The highest BCUT2D eigenvalue weighted by molar-refractivity contribution is 8.54. The number of aromatic amines is 1. The fraction of sp³-hybridized carbons (Fsp3) is 0.500. The number of carbonyl (C=O) groups is 3. The number of ether oxygens (including phenoxy) is 3. The van der Waals surface area contributed by atoms with Crippen LogP contribution in [0.1, 0.15) is 69.3 Å². The number of fused-ring (bicyclic) bond motifs is 1. The number of hydrogen-bond acceptors (Lipinski definition) is 17. The Kier molecular flexibility index (Phi) is 13.9. The first-order valence-corrected chi connectivity index (χ1v) is 21.9. The Morgan fingerprint density at radius 3 is 2.45 bits per heavy atom. The second-order valence-corrected chi connectivity index (χ2v) is 18.2. The van der Waals surface area contributed by atoms with E-state index in [4.69, 9.17) is 23.3 Å². The number of hydrogen-bond donors (Lipinski definition) is 4. The zero-order valence-electron chi connectivity index (χ0n) is 32.1. The highest BCUT2D eigenvalue weighted by atomic mass is 32.7. The summed E-state index contributed by atoms with van der Waals surface area (Å²) in [6.07, 6.45) is -1.65. The second kappa shape index (κ2) is 18.9. The normalized spacial score (nSPS) is 22.9. The van der Waals surface area contributed by atoms with E-state index in [2.05, 4.69) is 30.6 Å². The van der Waals surface area contributed by atoms with Gasteiger partial charge in [-0.25, -0.2) is 14.3 Å². The van der Waals surface area contributed by atoms with Gasteiger partial charge in [-0.15, -0.1) is 0 Å². The number of amides is 1. The molecule has 22 heteroatoms. The molecule has 2 fully saturated rings. The average molecular weight is 845 g/mol. The molecule has 2 aliphatic rings. The van der Waals surface area contributed by atoms with Crippen LogP contribution in [-0.4, -0.2) is 102 Å². The van der Waals surface area contributed by atoms with E-state index < -0.39 is 73.4 Å². The highest BCUT2D eigenvalue weighted by Crippen LogP contribution is 2.61. The van der Waals surface area contributed by atoms with Crippen LogP contribution in [0, 0.1) is 5.92 Å². The molecule has 58 heavy (non-hydrogen) atoms. The average Bonchev–Trinajstić information content (AvgIpc) is 3.92. The number of ketones is 1. The van der Waals surface area contributed by atoms with Gasteiger partial charge in [0, 0.05) is 37.6 Å². The lowest BCUT2D eigenvalue weighted by Crippen LogP contribution is -2.31. The van der Waals surface area contributed by atoms with Crippen LogP contribution in [-0.2, 0) is 37.4 Å². The van der Waals surface area contributed by atoms with E-state index in [1.54, 1.807) is 30.3 Å². The first kappa shape index (κ1) is 42.8. The molecule has 2 saturated heterocycles. The number of Topliss-reactive ketones (excluding diaryl/α,β-unsaturated/α-hetero) is 1. The van der Waals surface area contributed by atoms with Gasteiger partial charge in [-0.3, -0.25) is 37.5 Å². The molecule has 0 spiro atoms. The standard InChI is InChI=1S/C36H45N8O12PS/c1-20(2)16-37-35-41-32-31(34(49)42-35)38-19-44(32)29-14-23(55-30(47)11-10-21(3)46)26(54-29)18-52-57(51,58-4)56-24-15-28(53-25(24)17-45)43-13-12-27(40-36(43)50)39-33(48)22-8-6-5-7-9-22/h5-9,12-13,19-20,23-26,28-29,45H,10-11,14-18H2,1-4H3,(H2,37,41,42,49)(H,39,40,48,50)/t23-,24-,25+,26+,28+,29+,57?/m0/s1. The minimum Gasteiger partial charge on any atom is -0.459 e. The molecule has 1 unspecified atom stereocenters. The molecule has 0 bridgehead atoms. The molecule has 312 valence electrons. The van der Waals surface area contributed by atoms with Crippen LogP contribution in [0.2, 0.25) is 0 Å². The molecule has 4 N–H and O–H groups in total. The number of esters is 1. The Hall–Kier alpha value is -4.76. The van der Waals surface area contributed by atoms with E-state index in [0.717, 1.165) is 11.4 Å². The molecule has 5 heterocycles. The van der Waals surface area contributed by atoms with Crippen molar-refractivity contribution in [1.29, 1.82) is 0 Å². The maximum atomic E-state index is 14.1. The third-order valence-corrected chi connectivity index (χ3v) is 12.6. The minimum absolute atomic E-state index is 0.0219. The molecule has 0 saturated carbocycles. The fourth-order valence-electron chi connectivity index (χ4n) is 6.25. The zero-order chi connectivity index (χ0) is 41.6. The topological polar surface area (TPSA) is 257 Å². The third kappa shape index (κ3) is 10.5. The summed E-state index contributed by atoms with van der Waals surface area (Å²) in [5, 5.41) is 15.8. The van der Waals surface area contributed by atoms with Crippen molar-refractivity contribution in [2.24, 2.45) is 5.92 Å². The van der Waals surface area contributed by atoms with Crippen molar-refractivity contribution in [3.05, 3.63) is 75.3 Å². The van der Waals surface area contributed by atoms with Gasteiger partial charge >= 0.3 is 18.5 Å². The van der Waals surface area contributed by atoms with Crippen molar-refractivity contribution >= 4 is 58.8 Å². The number of nitrogens with one attached hydrogen (secondary N) is 3. The smallest absolute Gasteiger partial charge is 0.389 e. The summed E-state index contributed by atoms with van der Waals surface area (Å²) in [5.74, 6) is -0.770. The maximum Gasteiger partial charge on any atom is 0.389 e. The third-order valence-electron chi connectivity index (χ3n) is 9.23. The summed E-state index contributed by atoms with van der Waals surface area (Å²) in [5.41, 5.74) is -0.558. The molecule has 3 aromatic heterocycles. The summed E-state index contributed by atoms with van der Waals surface area (Å²) in [6, 6.07) is 9.83. The van der Waals surface area contributed by atoms with Crippen LogP contribution in [0.3, 0.4) is 0 Å². The van der Waals surface area contributed by atoms with Crippen molar-refractivity contribution in [2.75, 3.05) is 36.6 Å². The quantitative estimate of drug-likeness (QED) is 0.0826. The lowest BCUT2D eigenvalue weighted by molar-refractivity contribution is -0.153. The molecule has 4 aromatic rings. The van der Waals surface area contributed by atoms with E-state index >= 15 is 0 Å². The van der Waals surface area contributed by atoms with Gasteiger partial charge in [0.25, 0.3) is 11.5 Å². The van der Waals surface area contributed by atoms with Gasteiger partial charge in [0.05, 0.1) is 26.0 Å². The lowest BCUT2D eigenvalue weighted by atomic mass is 10.2. The van der Waals surface area contributed by atoms with Crippen molar-refractivity contribution in [3.8, 4) is 0 Å². The van der Waals surface area contributed by atoms with Gasteiger partial charge in [-0.05, 0) is 48.7 Å². The largest absolute Gasteiger partial charge is 0.459 e. The first-order chi connectivity index (χ1) is 27.7. The van der Waals surface area contributed by atoms with Crippen LogP contribution < -0.4 is 21.9 Å². The van der Waals surface area contributed by atoms with Crippen LogP contribution in [0.25, 0.3) is 11.2 Å². The number of aliphatic hydroxyl groups excluding tert-OH is 1. The first-order valence-electron chi connectivity index (χ1n) is 18.5. The van der Waals surface area contributed by atoms with Crippen LogP contribution >= 0.6 is 18.2 Å². The number of benzene rings is 1. The Balaban J connectivity index is 1.15. The Morgan fingerprint density at radius 1 is 1.03 bits per heavy atom. The lowest BCUT2D eigenvalue weighted by Gasteiger charge is -2.25. The molecular weight excluding hydrogens is 799 g/mol. The van der Waals surface area contributed by atoms with Crippen molar-refractivity contribution in [3.63, 3.8) is 0 Å². The highest BCUT2D eigenvalue weighted by Gasteiger charge is 2.45. The van der Waals surface area contributed by atoms with E-state index in [1.165, 1.54) is 40.9 Å². The number of H-pyrrole nitrogens is 1. The Bertz CT molecular complexity index is 2270. The number of anilines is 2. The molecule has 1 aromatic carbocycles. The number of rotatable bonds is 18. The summed E-state index contributed by atoms with van der Waals surface area (Å²) < 4.78 is 46.6. The molecule has 6 rings (SSSR count). The van der Waals surface area contributed by atoms with E-state index in [-0.39, 0.29) is 66.9 Å². The van der Waals surface area contributed by atoms with Crippen LogP contribution in [0.4, 0.5) is 11.8 Å². The van der Waals surface area contributed by atoms with Gasteiger partial charge in [-0.1, -0.05) is 32.0 Å². The zero-order valence-corrected chi connectivity index (χ0v) is 33.9. The van der Waals surface area contributed by atoms with Gasteiger partial charge < -0.3 is 34.7 Å². The summed E-state index contributed by atoms with van der Waals surface area (Å²) in [6.45, 7) is 0.936. The number of carbonyl (C=O) groups excluding carboxylic acids is 3. The van der Waals surface area contributed by atoms with E-state index in [0.29, 0.717) is 12.1 Å². The minimum atomic E-state index is -4.05. The molecule has 1 amide bonds. The fourth-order valence-corrected chi connectivity index (χ4v) is 8.48. The molecule has 2 aliphatic heterocycles. The molecule has 0 aliphatic carbocycles. The number of nitrogens with zero attached hydrogens (tertiary/aromatic N) is 5. The Morgan fingerprint density at radius 2 is 1.76 bits per heavy atom. The SMILES string of the molecule is CSP(=O)(OC[C@H]1O[C@@H](n2cnc3c(=O)[nH]c(NCC(C)C)nc32)C[C@@H]1OC(=O)CCC(C)=O)O[C@H]1C[C@H](n2ccc(NC(=O)c3ccccc3)nc2=O)O[C@@H]1CO. The van der Waals surface area contributed by atoms with Crippen LogP contribution in [0.15, 0.2) is 58.5 Å². The van der Waals surface area contributed by atoms with Crippen molar-refractivity contribution in [1.82, 2.24) is 29.1 Å². The van der Waals surface area contributed by atoms with Gasteiger partial charge in [-0.2, -0.15) is 9.97 Å². The van der Waals surface area contributed by atoms with Gasteiger partial charge in [0.1, 0.15) is 48.5 Å². The van der Waals surface area contributed by atoms with E-state index in [9.17, 15) is 33.6 Å². The summed E-state index contributed by atoms with van der Waals surface area (Å²) in [4.78, 5) is 78.2. The predicted octanol–water partition coefficient (Wildman–Crippen LogP) is 3.42. The predicted molar refractivity (Wildman–Crippen MR) is 210 cm³/mol. The van der Waals surface area contributed by atoms with Crippen molar-refractivity contribution < 1.29 is 47.3 Å². The molecular formula is C36H45N8O12PS. The number of imidazole rings is 1. The number of aromatic nitrogens is 6. The monoisotopic (exact) mass is 844 g/mol. The Labute approximate surface area is 335 Å². The van der Waals surface area contributed by atoms with Gasteiger partial charge in [0.2, 0.25) is 5.95 Å². The second-order valence-electron chi connectivity index (χ2n) is 14.0. The van der Waals surface area contributed by atoms with Crippen LogP contribution in [0.5, 0.6) is 0 Å². The van der Waals surface area contributed by atoms with Crippen molar-refractivity contribution in [2.45, 2.75) is 83.3 Å².